The number of amides is 1. The summed E-state index contributed by atoms with van der Waals surface area (Å²) in [6, 6.07) is 17.0. The summed E-state index contributed by atoms with van der Waals surface area (Å²) in [5.41, 5.74) is 2.51. The van der Waals surface area contributed by atoms with E-state index in [0.29, 0.717) is 31.3 Å². The Labute approximate surface area is 169 Å². The Morgan fingerprint density at radius 1 is 1.10 bits per heavy atom. The van der Waals surface area contributed by atoms with Crippen LogP contribution < -0.4 is 19.7 Å². The number of anilines is 2. The van der Waals surface area contributed by atoms with Gasteiger partial charge in [0.05, 0.1) is 13.7 Å². The summed E-state index contributed by atoms with van der Waals surface area (Å²) in [4.78, 5) is 23.2. The van der Waals surface area contributed by atoms with Crippen LogP contribution in [0.25, 0.3) is 0 Å². The molecular weight excluding hydrogens is 368 g/mol. The lowest BCUT2D eigenvalue weighted by atomic mass is 10.2. The van der Waals surface area contributed by atoms with Crippen molar-refractivity contribution in [2.75, 3.05) is 37.0 Å². The third-order valence-electron chi connectivity index (χ3n) is 4.72. The van der Waals surface area contributed by atoms with Crippen LogP contribution in [-0.4, -0.2) is 42.7 Å². The molecule has 1 amide bonds. The van der Waals surface area contributed by atoms with E-state index in [0.717, 1.165) is 23.6 Å². The van der Waals surface area contributed by atoms with Gasteiger partial charge < -0.3 is 19.7 Å². The van der Waals surface area contributed by atoms with Gasteiger partial charge in [-0.1, -0.05) is 18.2 Å². The average molecular weight is 390 g/mol. The standard InChI is InChI=1S/C22H22N4O3/c1-28-17-6-8-18(9-7-17)29-15-13-24-22-23-12-10-19(25-22)21(27)26-14-11-16-4-2-3-5-20(16)26/h2-10,12H,11,13-15H2,1H3,(H,23,24,25). The number of carbonyl (C=O) groups excluding carboxylic acids is 1. The fraction of sp³-hybridized carbons (Fsp3) is 0.227. The normalized spacial score (nSPS) is 12.4. The Hall–Kier alpha value is -3.61. The molecule has 0 atom stereocenters. The summed E-state index contributed by atoms with van der Waals surface area (Å²) < 4.78 is 10.8. The molecule has 29 heavy (non-hydrogen) atoms. The Kier molecular flexibility index (Phi) is 5.56. The quantitative estimate of drug-likeness (QED) is 0.625. The molecule has 7 nitrogen and oxygen atoms in total. The van der Waals surface area contributed by atoms with Crippen LogP contribution in [0.15, 0.2) is 60.8 Å². The second-order valence-corrected chi connectivity index (χ2v) is 6.55. The van der Waals surface area contributed by atoms with Crippen molar-refractivity contribution in [3.05, 3.63) is 72.1 Å². The number of nitrogens with one attached hydrogen (secondary N) is 1. The number of benzene rings is 2. The van der Waals surface area contributed by atoms with Crippen molar-refractivity contribution < 1.29 is 14.3 Å². The SMILES string of the molecule is COc1ccc(OCCNc2nccc(C(=O)N3CCc4ccccc43)n2)cc1. The number of hydrogen-bond acceptors (Lipinski definition) is 6. The van der Waals surface area contributed by atoms with Crippen LogP contribution in [0.3, 0.4) is 0 Å². The molecule has 0 unspecified atom stereocenters. The maximum absolute atomic E-state index is 12.9. The Bertz CT molecular complexity index is 991. The van der Waals surface area contributed by atoms with Gasteiger partial charge in [-0.3, -0.25) is 4.79 Å². The number of carbonyl (C=O) groups is 1. The number of para-hydroxylation sites is 1. The van der Waals surface area contributed by atoms with Gasteiger partial charge in [0, 0.05) is 18.4 Å². The first-order valence-corrected chi connectivity index (χ1v) is 9.48. The number of rotatable bonds is 7. The third-order valence-corrected chi connectivity index (χ3v) is 4.72. The van der Waals surface area contributed by atoms with E-state index in [2.05, 4.69) is 21.4 Å². The Morgan fingerprint density at radius 3 is 2.72 bits per heavy atom. The molecular formula is C22H22N4O3. The second kappa shape index (κ2) is 8.60. The Morgan fingerprint density at radius 2 is 1.90 bits per heavy atom. The van der Waals surface area contributed by atoms with Crippen LogP contribution in [0.2, 0.25) is 0 Å². The molecule has 1 aromatic heterocycles. The zero-order chi connectivity index (χ0) is 20.1. The predicted molar refractivity (Wildman–Crippen MR) is 111 cm³/mol. The summed E-state index contributed by atoms with van der Waals surface area (Å²) in [5, 5.41) is 3.10. The molecule has 7 heteroatoms. The molecule has 1 aliphatic heterocycles. The first-order chi connectivity index (χ1) is 14.2. The van der Waals surface area contributed by atoms with Gasteiger partial charge in [-0.15, -0.1) is 0 Å². The monoisotopic (exact) mass is 390 g/mol. The van der Waals surface area contributed by atoms with E-state index in [-0.39, 0.29) is 5.91 Å². The smallest absolute Gasteiger partial charge is 0.277 e. The molecule has 0 aliphatic carbocycles. The number of ether oxygens (including phenoxy) is 2. The lowest BCUT2D eigenvalue weighted by molar-refractivity contribution is 0.0984. The van der Waals surface area contributed by atoms with E-state index >= 15 is 0 Å². The van der Waals surface area contributed by atoms with Gasteiger partial charge in [0.15, 0.2) is 0 Å². The topological polar surface area (TPSA) is 76.6 Å². The van der Waals surface area contributed by atoms with Gasteiger partial charge in [0.1, 0.15) is 23.8 Å². The lowest BCUT2D eigenvalue weighted by Gasteiger charge is -2.17. The zero-order valence-electron chi connectivity index (χ0n) is 16.2. The third kappa shape index (κ3) is 4.29. The highest BCUT2D eigenvalue weighted by atomic mass is 16.5. The molecule has 0 spiro atoms. The maximum Gasteiger partial charge on any atom is 0.277 e. The highest BCUT2D eigenvalue weighted by molar-refractivity contribution is 6.06. The summed E-state index contributed by atoms with van der Waals surface area (Å²) in [6.07, 6.45) is 2.45. The molecule has 148 valence electrons. The molecule has 0 bridgehead atoms. The first kappa shape index (κ1) is 18.7. The number of nitrogens with zero attached hydrogens (tertiary/aromatic N) is 3. The van der Waals surface area contributed by atoms with Crippen molar-refractivity contribution in [3.63, 3.8) is 0 Å². The highest BCUT2D eigenvalue weighted by Crippen LogP contribution is 2.28. The average Bonchev–Trinajstić information content (AvgIpc) is 3.21. The van der Waals surface area contributed by atoms with Gasteiger partial charge in [-0.25, -0.2) is 9.97 Å². The number of methoxy groups -OCH3 is 1. The van der Waals surface area contributed by atoms with Crippen LogP contribution in [0.5, 0.6) is 11.5 Å². The van der Waals surface area contributed by atoms with E-state index < -0.39 is 0 Å². The maximum atomic E-state index is 12.9. The molecule has 0 fully saturated rings. The van der Waals surface area contributed by atoms with Crippen molar-refractivity contribution in [1.29, 1.82) is 0 Å². The number of aromatic nitrogens is 2. The predicted octanol–water partition coefficient (Wildman–Crippen LogP) is 3.18. The molecule has 1 aliphatic rings. The van der Waals surface area contributed by atoms with Crippen LogP contribution in [-0.2, 0) is 6.42 Å². The Balaban J connectivity index is 1.33. The molecule has 0 saturated heterocycles. The van der Waals surface area contributed by atoms with Crippen LogP contribution in [0.4, 0.5) is 11.6 Å². The van der Waals surface area contributed by atoms with Gasteiger partial charge in [-0.05, 0) is 48.4 Å². The minimum atomic E-state index is -0.116. The molecule has 2 aromatic carbocycles. The molecule has 4 rings (SSSR count). The molecule has 0 saturated carbocycles. The fourth-order valence-electron chi connectivity index (χ4n) is 3.25. The summed E-state index contributed by atoms with van der Waals surface area (Å²) in [5.74, 6) is 1.83. The van der Waals surface area contributed by atoms with Crippen LogP contribution in [0, 0.1) is 0 Å². The van der Waals surface area contributed by atoms with Crippen LogP contribution >= 0.6 is 0 Å². The van der Waals surface area contributed by atoms with Crippen molar-refractivity contribution in [3.8, 4) is 11.5 Å². The van der Waals surface area contributed by atoms with E-state index in [1.54, 1.807) is 24.3 Å². The lowest BCUT2D eigenvalue weighted by Crippen LogP contribution is -2.30. The second-order valence-electron chi connectivity index (χ2n) is 6.55. The summed E-state index contributed by atoms with van der Waals surface area (Å²) in [6.45, 7) is 1.62. The molecule has 0 radical (unpaired) electrons. The van der Waals surface area contributed by atoms with Crippen molar-refractivity contribution in [2.24, 2.45) is 0 Å². The van der Waals surface area contributed by atoms with Gasteiger partial charge in [-0.2, -0.15) is 0 Å². The van der Waals surface area contributed by atoms with E-state index in [4.69, 9.17) is 9.47 Å². The minimum Gasteiger partial charge on any atom is -0.497 e. The van der Waals surface area contributed by atoms with E-state index in [9.17, 15) is 4.79 Å². The van der Waals surface area contributed by atoms with Crippen molar-refractivity contribution in [1.82, 2.24) is 9.97 Å². The van der Waals surface area contributed by atoms with Crippen molar-refractivity contribution >= 4 is 17.5 Å². The zero-order valence-corrected chi connectivity index (χ0v) is 16.2. The highest BCUT2D eigenvalue weighted by Gasteiger charge is 2.26. The molecule has 3 aromatic rings. The first-order valence-electron chi connectivity index (χ1n) is 9.48. The molecule has 2 heterocycles. The minimum absolute atomic E-state index is 0.116. The number of fused-ring (bicyclic) bond motifs is 1. The van der Waals surface area contributed by atoms with E-state index in [1.807, 2.05) is 42.5 Å². The number of hydrogen-bond donors (Lipinski definition) is 1. The summed E-state index contributed by atoms with van der Waals surface area (Å²) in [7, 11) is 1.63. The van der Waals surface area contributed by atoms with E-state index in [1.165, 1.54) is 5.56 Å². The van der Waals surface area contributed by atoms with Crippen LogP contribution in [0.1, 0.15) is 16.1 Å². The van der Waals surface area contributed by atoms with Gasteiger partial charge in [0.2, 0.25) is 5.95 Å². The van der Waals surface area contributed by atoms with Gasteiger partial charge >= 0.3 is 0 Å². The van der Waals surface area contributed by atoms with Crippen molar-refractivity contribution in [2.45, 2.75) is 6.42 Å². The molecule has 1 N–H and O–H groups in total. The fourth-order valence-corrected chi connectivity index (χ4v) is 3.25. The van der Waals surface area contributed by atoms with Gasteiger partial charge in [0.25, 0.3) is 5.91 Å². The summed E-state index contributed by atoms with van der Waals surface area (Å²) >= 11 is 0. The largest absolute Gasteiger partial charge is 0.497 e.